The number of aromatic nitrogens is 1. The smallest absolute Gasteiger partial charge is 0.154 e. The second-order valence-corrected chi connectivity index (χ2v) is 4.71. The summed E-state index contributed by atoms with van der Waals surface area (Å²) in [5.74, 6) is 0.915. The van der Waals surface area contributed by atoms with E-state index in [0.717, 1.165) is 24.2 Å². The molecule has 0 radical (unpaired) electrons. The van der Waals surface area contributed by atoms with Crippen molar-refractivity contribution < 1.29 is 4.42 Å². The van der Waals surface area contributed by atoms with E-state index in [1.807, 2.05) is 6.07 Å². The van der Waals surface area contributed by atoms with Crippen LogP contribution in [-0.2, 0) is 0 Å². The maximum Gasteiger partial charge on any atom is 0.154 e. The average molecular weight is 257 g/mol. The second-order valence-electron chi connectivity index (χ2n) is 3.94. The van der Waals surface area contributed by atoms with Gasteiger partial charge in [-0.25, -0.2) is 4.98 Å². The van der Waals surface area contributed by atoms with E-state index in [-0.39, 0.29) is 0 Å². The Morgan fingerprint density at radius 2 is 2.25 bits per heavy atom. The fourth-order valence-electron chi connectivity index (χ4n) is 2.04. The van der Waals surface area contributed by atoms with Crippen LogP contribution in [0.4, 0.5) is 0 Å². The summed E-state index contributed by atoms with van der Waals surface area (Å²) in [5, 5.41) is 4.12. The lowest BCUT2D eigenvalue weighted by Crippen LogP contribution is -2.11. The summed E-state index contributed by atoms with van der Waals surface area (Å²) >= 11 is 11.7. The predicted octanol–water partition coefficient (Wildman–Crippen LogP) is 3.56. The number of furan rings is 1. The van der Waals surface area contributed by atoms with Crippen molar-refractivity contribution in [3.63, 3.8) is 0 Å². The Kier molecular flexibility index (Phi) is 2.54. The summed E-state index contributed by atoms with van der Waals surface area (Å²) in [6.07, 6.45) is 2.28. The zero-order valence-electron chi connectivity index (χ0n) is 8.46. The first-order valence-corrected chi connectivity index (χ1v) is 5.98. The Morgan fingerprint density at radius 1 is 1.38 bits per heavy atom. The Hall–Kier alpha value is -0.770. The molecular formula is C11H10Cl2N2O. The summed E-state index contributed by atoms with van der Waals surface area (Å²) < 4.78 is 5.72. The van der Waals surface area contributed by atoms with Gasteiger partial charge in [0, 0.05) is 12.1 Å². The third kappa shape index (κ3) is 1.69. The lowest BCUT2D eigenvalue weighted by molar-refractivity contribution is 0.471. The summed E-state index contributed by atoms with van der Waals surface area (Å²) in [7, 11) is 0. The fraction of sp³-hybridized carbons (Fsp3) is 0.364. The molecule has 0 spiro atoms. The lowest BCUT2D eigenvalue weighted by Gasteiger charge is -2.04. The monoisotopic (exact) mass is 256 g/mol. The highest BCUT2D eigenvalue weighted by Gasteiger charge is 2.20. The highest BCUT2D eigenvalue weighted by molar-refractivity contribution is 6.41. The van der Waals surface area contributed by atoms with Crippen molar-refractivity contribution in [1.82, 2.24) is 10.3 Å². The highest BCUT2D eigenvalue weighted by atomic mass is 35.5. The largest absolute Gasteiger partial charge is 0.458 e. The summed E-state index contributed by atoms with van der Waals surface area (Å²) in [6.45, 7) is 1.04. The Morgan fingerprint density at radius 3 is 3.00 bits per heavy atom. The van der Waals surface area contributed by atoms with E-state index in [4.69, 9.17) is 27.6 Å². The number of rotatable bonds is 1. The van der Waals surface area contributed by atoms with Crippen LogP contribution in [0.1, 0.15) is 24.6 Å². The molecule has 0 aromatic carbocycles. The number of hydrogen-bond acceptors (Lipinski definition) is 3. The third-order valence-electron chi connectivity index (χ3n) is 2.84. The van der Waals surface area contributed by atoms with Crippen LogP contribution in [0, 0.1) is 0 Å². The number of pyridine rings is 1. The van der Waals surface area contributed by atoms with Crippen molar-refractivity contribution in [1.29, 1.82) is 0 Å². The molecule has 5 heteroatoms. The van der Waals surface area contributed by atoms with Crippen molar-refractivity contribution >= 4 is 34.3 Å². The topological polar surface area (TPSA) is 38.1 Å². The summed E-state index contributed by atoms with van der Waals surface area (Å²) in [4.78, 5) is 4.18. The van der Waals surface area contributed by atoms with Crippen molar-refractivity contribution in [2.24, 2.45) is 0 Å². The first kappa shape index (κ1) is 10.4. The van der Waals surface area contributed by atoms with Gasteiger partial charge >= 0.3 is 0 Å². The first-order chi connectivity index (χ1) is 7.74. The van der Waals surface area contributed by atoms with Gasteiger partial charge in [0.2, 0.25) is 0 Å². The number of nitrogens with zero attached hydrogens (tertiary/aromatic N) is 1. The van der Waals surface area contributed by atoms with Crippen LogP contribution in [0.15, 0.2) is 16.5 Å². The molecule has 84 valence electrons. The molecule has 3 heterocycles. The molecule has 3 rings (SSSR count). The van der Waals surface area contributed by atoms with Gasteiger partial charge in [0.15, 0.2) is 5.58 Å². The SMILES string of the molecule is Clc1cc2oc([C@@H]3CCCN3)cc2nc1Cl. The average Bonchev–Trinajstić information content (AvgIpc) is 2.86. The van der Waals surface area contributed by atoms with Crippen LogP contribution in [-0.4, -0.2) is 11.5 Å². The van der Waals surface area contributed by atoms with Gasteiger partial charge in [-0.3, -0.25) is 0 Å². The molecule has 1 aliphatic heterocycles. The van der Waals surface area contributed by atoms with Gasteiger partial charge in [0.1, 0.15) is 16.4 Å². The van der Waals surface area contributed by atoms with Gasteiger partial charge in [-0.05, 0) is 19.4 Å². The molecular weight excluding hydrogens is 247 g/mol. The van der Waals surface area contributed by atoms with E-state index in [1.54, 1.807) is 6.07 Å². The molecule has 3 nitrogen and oxygen atoms in total. The predicted molar refractivity (Wildman–Crippen MR) is 64.0 cm³/mol. The van der Waals surface area contributed by atoms with E-state index in [0.29, 0.717) is 21.8 Å². The second kappa shape index (κ2) is 3.91. The van der Waals surface area contributed by atoms with Gasteiger partial charge in [0.05, 0.1) is 11.1 Å². The minimum absolute atomic E-state index is 0.298. The van der Waals surface area contributed by atoms with E-state index in [2.05, 4.69) is 10.3 Å². The fourth-order valence-corrected chi connectivity index (χ4v) is 2.33. The van der Waals surface area contributed by atoms with Crippen LogP contribution in [0.5, 0.6) is 0 Å². The molecule has 2 aromatic heterocycles. The number of halogens is 2. The minimum atomic E-state index is 0.298. The molecule has 2 aromatic rings. The Labute approximate surface area is 103 Å². The lowest BCUT2D eigenvalue weighted by atomic mass is 10.2. The summed E-state index contributed by atoms with van der Waals surface area (Å²) in [6, 6.07) is 3.94. The van der Waals surface area contributed by atoms with Crippen LogP contribution < -0.4 is 5.32 Å². The van der Waals surface area contributed by atoms with Crippen molar-refractivity contribution in [2.75, 3.05) is 6.54 Å². The zero-order valence-corrected chi connectivity index (χ0v) is 9.98. The summed E-state index contributed by atoms with van der Waals surface area (Å²) in [5.41, 5.74) is 1.45. The molecule has 1 saturated heterocycles. The maximum absolute atomic E-state index is 5.89. The Bertz CT molecular complexity index is 493. The molecule has 0 saturated carbocycles. The zero-order chi connectivity index (χ0) is 11.1. The minimum Gasteiger partial charge on any atom is -0.458 e. The molecule has 1 N–H and O–H groups in total. The molecule has 1 fully saturated rings. The first-order valence-electron chi connectivity index (χ1n) is 5.23. The van der Waals surface area contributed by atoms with E-state index < -0.39 is 0 Å². The van der Waals surface area contributed by atoms with Gasteiger partial charge in [-0.2, -0.15) is 0 Å². The quantitative estimate of drug-likeness (QED) is 0.794. The molecule has 0 bridgehead atoms. The highest BCUT2D eigenvalue weighted by Crippen LogP contribution is 2.31. The van der Waals surface area contributed by atoms with Crippen LogP contribution in [0.25, 0.3) is 11.1 Å². The molecule has 0 aliphatic carbocycles. The molecule has 16 heavy (non-hydrogen) atoms. The molecule has 1 aliphatic rings. The van der Waals surface area contributed by atoms with Crippen molar-refractivity contribution in [3.8, 4) is 0 Å². The molecule has 0 unspecified atom stereocenters. The van der Waals surface area contributed by atoms with Gasteiger partial charge < -0.3 is 9.73 Å². The third-order valence-corrected chi connectivity index (χ3v) is 3.51. The van der Waals surface area contributed by atoms with Crippen LogP contribution >= 0.6 is 23.2 Å². The number of fused-ring (bicyclic) bond motifs is 1. The standard InChI is InChI=1S/C11H10Cl2N2O/c12-6-4-9-8(15-11(6)13)5-10(16-9)7-2-1-3-14-7/h4-5,7,14H,1-3H2/t7-/m0/s1. The van der Waals surface area contributed by atoms with Crippen molar-refractivity contribution in [2.45, 2.75) is 18.9 Å². The van der Waals surface area contributed by atoms with Crippen LogP contribution in [0.3, 0.4) is 0 Å². The maximum atomic E-state index is 5.89. The van der Waals surface area contributed by atoms with E-state index >= 15 is 0 Å². The normalized spacial score (nSPS) is 20.8. The van der Waals surface area contributed by atoms with Gasteiger partial charge in [-0.15, -0.1) is 0 Å². The molecule has 0 amide bonds. The van der Waals surface area contributed by atoms with Gasteiger partial charge in [-0.1, -0.05) is 23.2 Å². The number of nitrogens with one attached hydrogen (secondary N) is 1. The van der Waals surface area contributed by atoms with E-state index in [9.17, 15) is 0 Å². The molecule has 1 atom stereocenters. The Balaban J connectivity index is 2.08. The van der Waals surface area contributed by atoms with Crippen molar-refractivity contribution in [3.05, 3.63) is 28.1 Å². The van der Waals surface area contributed by atoms with Crippen LogP contribution in [0.2, 0.25) is 10.2 Å². The number of hydrogen-bond donors (Lipinski definition) is 1. The van der Waals surface area contributed by atoms with E-state index in [1.165, 1.54) is 6.42 Å². The van der Waals surface area contributed by atoms with Gasteiger partial charge in [0.25, 0.3) is 0 Å².